The Hall–Kier alpha value is -2.15. The number of nitrogens with zero attached hydrogens (tertiary/aromatic N) is 1. The SMILES string of the molecule is COc1cc(NCc2cc(Br)ccc2[N+](=O)[O-])ccc1F. The molecule has 2 aromatic carbocycles. The zero-order valence-corrected chi connectivity index (χ0v) is 12.7. The second-order valence-electron chi connectivity index (χ2n) is 4.23. The zero-order valence-electron chi connectivity index (χ0n) is 11.1. The number of ether oxygens (including phenoxy) is 1. The van der Waals surface area contributed by atoms with Crippen LogP contribution in [0.15, 0.2) is 40.9 Å². The third-order valence-corrected chi connectivity index (χ3v) is 3.37. The van der Waals surface area contributed by atoms with Gasteiger partial charge in [-0.2, -0.15) is 0 Å². The molecule has 2 aromatic rings. The normalized spacial score (nSPS) is 10.2. The van der Waals surface area contributed by atoms with E-state index in [9.17, 15) is 14.5 Å². The molecular weight excluding hydrogens is 343 g/mol. The van der Waals surface area contributed by atoms with Gasteiger partial charge in [0.15, 0.2) is 11.6 Å². The molecule has 0 spiro atoms. The van der Waals surface area contributed by atoms with Gasteiger partial charge in [-0.15, -0.1) is 0 Å². The van der Waals surface area contributed by atoms with Crippen molar-refractivity contribution in [1.29, 1.82) is 0 Å². The largest absolute Gasteiger partial charge is 0.494 e. The molecule has 0 radical (unpaired) electrons. The summed E-state index contributed by atoms with van der Waals surface area (Å²) in [6, 6.07) is 9.04. The van der Waals surface area contributed by atoms with Gasteiger partial charge < -0.3 is 10.1 Å². The van der Waals surface area contributed by atoms with Gasteiger partial charge in [0.05, 0.1) is 12.0 Å². The van der Waals surface area contributed by atoms with Crippen LogP contribution in [0.2, 0.25) is 0 Å². The summed E-state index contributed by atoms with van der Waals surface area (Å²) in [6.07, 6.45) is 0. The van der Waals surface area contributed by atoms with Gasteiger partial charge >= 0.3 is 0 Å². The maximum atomic E-state index is 13.3. The number of rotatable bonds is 5. The fourth-order valence-electron chi connectivity index (χ4n) is 1.84. The summed E-state index contributed by atoms with van der Waals surface area (Å²) < 4.78 is 18.9. The molecule has 0 aromatic heterocycles. The summed E-state index contributed by atoms with van der Waals surface area (Å²) in [5.41, 5.74) is 1.17. The van der Waals surface area contributed by atoms with Crippen LogP contribution in [0.4, 0.5) is 15.8 Å². The van der Waals surface area contributed by atoms with E-state index in [1.165, 1.54) is 25.3 Å². The van der Waals surface area contributed by atoms with E-state index < -0.39 is 10.7 Å². The first kappa shape index (κ1) is 15.2. The lowest BCUT2D eigenvalue weighted by Crippen LogP contribution is -2.03. The van der Waals surface area contributed by atoms with E-state index >= 15 is 0 Å². The Labute approximate surface area is 129 Å². The van der Waals surface area contributed by atoms with Crippen molar-refractivity contribution in [3.63, 3.8) is 0 Å². The van der Waals surface area contributed by atoms with Crippen LogP contribution in [-0.2, 0) is 6.54 Å². The fourth-order valence-corrected chi connectivity index (χ4v) is 2.25. The van der Waals surface area contributed by atoms with E-state index in [0.717, 1.165) is 4.47 Å². The topological polar surface area (TPSA) is 64.4 Å². The fraction of sp³-hybridized carbons (Fsp3) is 0.143. The maximum absolute atomic E-state index is 13.3. The van der Waals surface area contributed by atoms with Gasteiger partial charge in [-0.25, -0.2) is 4.39 Å². The molecule has 0 saturated heterocycles. The van der Waals surface area contributed by atoms with Crippen LogP contribution in [-0.4, -0.2) is 12.0 Å². The van der Waals surface area contributed by atoms with E-state index in [-0.39, 0.29) is 18.0 Å². The molecule has 0 bridgehead atoms. The minimum atomic E-state index is -0.462. The van der Waals surface area contributed by atoms with Crippen molar-refractivity contribution < 1.29 is 14.1 Å². The molecule has 21 heavy (non-hydrogen) atoms. The molecule has 0 saturated carbocycles. The molecule has 0 aliphatic carbocycles. The van der Waals surface area contributed by atoms with E-state index in [1.807, 2.05) is 0 Å². The first-order valence-electron chi connectivity index (χ1n) is 6.01. The standard InChI is InChI=1S/C14H12BrFN2O3/c1-21-14-7-11(3-4-12(14)16)17-8-9-6-10(15)2-5-13(9)18(19)20/h2-7,17H,8H2,1H3. The van der Waals surface area contributed by atoms with Crippen LogP contribution in [0.25, 0.3) is 0 Å². The van der Waals surface area contributed by atoms with Crippen LogP contribution < -0.4 is 10.1 Å². The summed E-state index contributed by atoms with van der Waals surface area (Å²) in [7, 11) is 1.38. The lowest BCUT2D eigenvalue weighted by Gasteiger charge is -2.09. The Bertz CT molecular complexity index is 679. The quantitative estimate of drug-likeness (QED) is 0.647. The van der Waals surface area contributed by atoms with Crippen molar-refractivity contribution in [1.82, 2.24) is 0 Å². The molecule has 0 heterocycles. The second kappa shape index (κ2) is 6.53. The first-order chi connectivity index (χ1) is 10.0. The molecule has 0 unspecified atom stereocenters. The van der Waals surface area contributed by atoms with Gasteiger partial charge in [0, 0.05) is 34.4 Å². The molecule has 0 atom stereocenters. The van der Waals surface area contributed by atoms with E-state index in [2.05, 4.69) is 21.2 Å². The Kier molecular flexibility index (Phi) is 4.74. The zero-order chi connectivity index (χ0) is 15.4. The second-order valence-corrected chi connectivity index (χ2v) is 5.15. The summed E-state index contributed by atoms with van der Waals surface area (Å²) in [5, 5.41) is 14.0. The number of hydrogen-bond acceptors (Lipinski definition) is 4. The van der Waals surface area contributed by atoms with Gasteiger partial charge in [0.25, 0.3) is 5.69 Å². The molecule has 110 valence electrons. The smallest absolute Gasteiger partial charge is 0.274 e. The molecule has 5 nitrogen and oxygen atoms in total. The predicted octanol–water partition coefficient (Wildman–Crippen LogP) is 4.12. The highest BCUT2D eigenvalue weighted by Crippen LogP contribution is 2.25. The third-order valence-electron chi connectivity index (χ3n) is 2.87. The highest BCUT2D eigenvalue weighted by Gasteiger charge is 2.13. The van der Waals surface area contributed by atoms with Crippen molar-refractivity contribution >= 4 is 27.3 Å². The molecule has 0 fully saturated rings. The van der Waals surface area contributed by atoms with Gasteiger partial charge in [0.2, 0.25) is 0 Å². The minimum absolute atomic E-state index is 0.0276. The molecule has 1 N–H and O–H groups in total. The van der Waals surface area contributed by atoms with Gasteiger partial charge in [-0.3, -0.25) is 10.1 Å². The van der Waals surface area contributed by atoms with Crippen molar-refractivity contribution in [3.05, 3.63) is 62.4 Å². The molecule has 2 rings (SSSR count). The number of nitro groups is 1. The minimum Gasteiger partial charge on any atom is -0.494 e. The first-order valence-corrected chi connectivity index (χ1v) is 6.81. The Morgan fingerprint density at radius 2 is 2.10 bits per heavy atom. The highest BCUT2D eigenvalue weighted by molar-refractivity contribution is 9.10. The van der Waals surface area contributed by atoms with E-state index in [4.69, 9.17) is 4.74 Å². The number of halogens is 2. The number of nitrogens with one attached hydrogen (secondary N) is 1. The van der Waals surface area contributed by atoms with Crippen LogP contribution in [0.1, 0.15) is 5.56 Å². The average molecular weight is 355 g/mol. The van der Waals surface area contributed by atoms with Crippen molar-refractivity contribution in [2.75, 3.05) is 12.4 Å². The molecule has 7 heteroatoms. The van der Waals surface area contributed by atoms with E-state index in [1.54, 1.807) is 18.2 Å². The third kappa shape index (κ3) is 3.69. The van der Waals surface area contributed by atoms with Crippen LogP contribution in [0.3, 0.4) is 0 Å². The van der Waals surface area contributed by atoms with Crippen LogP contribution in [0.5, 0.6) is 5.75 Å². The summed E-state index contributed by atoms with van der Waals surface area (Å²) in [5.74, 6) is -0.347. The number of anilines is 1. The number of methoxy groups -OCH3 is 1. The number of benzene rings is 2. The Morgan fingerprint density at radius 3 is 2.76 bits per heavy atom. The van der Waals surface area contributed by atoms with Gasteiger partial charge in [-0.05, 0) is 24.3 Å². The molecule has 0 aliphatic rings. The maximum Gasteiger partial charge on any atom is 0.274 e. The summed E-state index contributed by atoms with van der Waals surface area (Å²) in [6.45, 7) is 0.241. The number of hydrogen-bond donors (Lipinski definition) is 1. The predicted molar refractivity (Wildman–Crippen MR) is 81.1 cm³/mol. The van der Waals surface area contributed by atoms with E-state index in [0.29, 0.717) is 11.3 Å². The van der Waals surface area contributed by atoms with Crippen LogP contribution >= 0.6 is 15.9 Å². The van der Waals surface area contributed by atoms with Crippen LogP contribution in [0, 0.1) is 15.9 Å². The summed E-state index contributed by atoms with van der Waals surface area (Å²) >= 11 is 3.28. The van der Waals surface area contributed by atoms with Crippen molar-refractivity contribution in [2.45, 2.75) is 6.54 Å². The molecular formula is C14H12BrFN2O3. The lowest BCUT2D eigenvalue weighted by atomic mass is 10.1. The lowest BCUT2D eigenvalue weighted by molar-refractivity contribution is -0.385. The average Bonchev–Trinajstić information content (AvgIpc) is 2.46. The molecule has 0 aliphatic heterocycles. The van der Waals surface area contributed by atoms with Crippen molar-refractivity contribution in [2.24, 2.45) is 0 Å². The van der Waals surface area contributed by atoms with Gasteiger partial charge in [0.1, 0.15) is 0 Å². The summed E-state index contributed by atoms with van der Waals surface area (Å²) in [4.78, 5) is 10.5. The molecule has 0 amide bonds. The highest BCUT2D eigenvalue weighted by atomic mass is 79.9. The number of nitro benzene ring substituents is 1. The monoisotopic (exact) mass is 354 g/mol. The Morgan fingerprint density at radius 1 is 1.33 bits per heavy atom. The van der Waals surface area contributed by atoms with Gasteiger partial charge in [-0.1, -0.05) is 15.9 Å². The van der Waals surface area contributed by atoms with Crippen molar-refractivity contribution in [3.8, 4) is 5.75 Å². The Balaban J connectivity index is 2.20.